The molecule has 1 fully saturated rings. The summed E-state index contributed by atoms with van der Waals surface area (Å²) >= 11 is 0. The quantitative estimate of drug-likeness (QED) is 0.461. The van der Waals surface area contributed by atoms with Crippen molar-refractivity contribution in [3.8, 4) is 0 Å². The van der Waals surface area contributed by atoms with Crippen LogP contribution < -0.4 is 0 Å². The Bertz CT molecular complexity index is 716. The molecule has 1 heterocycles. The van der Waals surface area contributed by atoms with E-state index in [-0.39, 0.29) is 17.3 Å². The van der Waals surface area contributed by atoms with Crippen LogP contribution in [0.3, 0.4) is 0 Å². The van der Waals surface area contributed by atoms with Gasteiger partial charge in [-0.3, -0.25) is 4.99 Å². The molecule has 0 aromatic carbocycles. The molecule has 1 rings (SSSR count). The highest BCUT2D eigenvalue weighted by molar-refractivity contribution is 6.03. The first-order valence-electron chi connectivity index (χ1n) is 9.58. The van der Waals surface area contributed by atoms with Crippen LogP contribution in [0.5, 0.6) is 0 Å². The lowest BCUT2D eigenvalue weighted by molar-refractivity contribution is -0.0891. The Hall–Kier alpha value is -2.25. The van der Waals surface area contributed by atoms with Crippen LogP contribution in [0.2, 0.25) is 0 Å². The third-order valence-electron chi connectivity index (χ3n) is 4.60. The number of hydrogen-bond donors (Lipinski definition) is 0. The molecule has 0 aromatic rings. The molecule has 0 spiro atoms. The number of carbonyl (C=O) groups excluding carboxylic acids is 1. The smallest absolute Gasteiger partial charge is 0.416 e. The van der Waals surface area contributed by atoms with E-state index in [4.69, 9.17) is 4.74 Å². The molecule has 29 heavy (non-hydrogen) atoms. The van der Waals surface area contributed by atoms with Crippen LogP contribution in [-0.4, -0.2) is 59.1 Å². The maximum absolute atomic E-state index is 13.6. The fraction of sp³-hybridized carbons (Fsp3) is 0.619. The third-order valence-corrected chi connectivity index (χ3v) is 4.60. The van der Waals surface area contributed by atoms with Gasteiger partial charge in [-0.2, -0.15) is 13.2 Å². The number of rotatable bonds is 4. The van der Waals surface area contributed by atoms with Crippen molar-refractivity contribution in [2.45, 2.75) is 66.3 Å². The average molecular weight is 416 g/mol. The number of amides is 1. The van der Waals surface area contributed by atoms with Gasteiger partial charge in [-0.15, -0.1) is 0 Å². The van der Waals surface area contributed by atoms with Gasteiger partial charge in [0, 0.05) is 48.9 Å². The fourth-order valence-corrected chi connectivity index (χ4v) is 3.31. The van der Waals surface area contributed by atoms with Gasteiger partial charge in [0.05, 0.1) is 5.57 Å². The molecule has 5 nitrogen and oxygen atoms in total. The van der Waals surface area contributed by atoms with Crippen LogP contribution in [0.4, 0.5) is 18.0 Å². The number of aliphatic imine (C=N–C) groups is 1. The highest BCUT2D eigenvalue weighted by atomic mass is 19.4. The standard InChI is InChI=1S/C21H32F3N3O2/c1-9-17(21(22,23)24)18(15(4)25-10-2)16(5)26-11-12-27(14(3)13-26)19(28)29-20(6,7)8/h9-10,14H,2,11-13H2,1,3-8H3/b17-9+,18-16-,25-15?. The van der Waals surface area contributed by atoms with Crippen LogP contribution in [0.1, 0.15) is 48.5 Å². The first-order chi connectivity index (χ1) is 13.2. The van der Waals surface area contributed by atoms with Gasteiger partial charge in [0.15, 0.2) is 0 Å². The second kappa shape index (κ2) is 9.50. The van der Waals surface area contributed by atoms with Crippen LogP contribution in [0.15, 0.2) is 40.7 Å². The Morgan fingerprint density at radius 2 is 1.79 bits per heavy atom. The predicted octanol–water partition coefficient (Wildman–Crippen LogP) is 5.31. The molecule has 1 aliphatic heterocycles. The summed E-state index contributed by atoms with van der Waals surface area (Å²) in [6.07, 6.45) is -2.63. The minimum Gasteiger partial charge on any atom is -0.444 e. The zero-order valence-corrected chi connectivity index (χ0v) is 18.4. The molecule has 0 bridgehead atoms. The molecule has 1 saturated heterocycles. The van der Waals surface area contributed by atoms with Gasteiger partial charge in [0.1, 0.15) is 5.60 Å². The Morgan fingerprint density at radius 3 is 2.21 bits per heavy atom. The lowest BCUT2D eigenvalue weighted by Crippen LogP contribution is -2.54. The lowest BCUT2D eigenvalue weighted by Gasteiger charge is -2.42. The molecule has 1 atom stereocenters. The Kier molecular flexibility index (Phi) is 8.12. The van der Waals surface area contributed by atoms with Gasteiger partial charge in [0.2, 0.25) is 0 Å². The molecule has 8 heteroatoms. The SMILES string of the molecule is C=CN=C(C)C(/C(=C\C)C(F)(F)F)=C(\C)N1CCN(C(=O)OC(C)(C)C)C(C)C1. The van der Waals surface area contributed by atoms with Crippen LogP contribution in [0, 0.1) is 0 Å². The van der Waals surface area contributed by atoms with Crippen molar-refractivity contribution >= 4 is 11.8 Å². The molecule has 1 aliphatic rings. The second-order valence-corrected chi connectivity index (χ2v) is 8.03. The maximum atomic E-state index is 13.6. The monoisotopic (exact) mass is 415 g/mol. The van der Waals surface area contributed by atoms with Crippen LogP contribution in [-0.2, 0) is 4.74 Å². The molecular formula is C21H32F3N3O2. The summed E-state index contributed by atoms with van der Waals surface area (Å²) in [7, 11) is 0. The average Bonchev–Trinajstić information content (AvgIpc) is 2.56. The fourth-order valence-electron chi connectivity index (χ4n) is 3.31. The molecular weight excluding hydrogens is 383 g/mol. The van der Waals surface area contributed by atoms with Crippen molar-refractivity contribution in [1.29, 1.82) is 0 Å². The van der Waals surface area contributed by atoms with Gasteiger partial charge in [-0.1, -0.05) is 12.7 Å². The largest absolute Gasteiger partial charge is 0.444 e. The topological polar surface area (TPSA) is 45.1 Å². The zero-order chi connectivity index (χ0) is 22.6. The van der Waals surface area contributed by atoms with E-state index in [0.717, 1.165) is 6.08 Å². The third kappa shape index (κ3) is 6.65. The molecule has 1 unspecified atom stereocenters. The predicted molar refractivity (Wildman–Crippen MR) is 110 cm³/mol. The summed E-state index contributed by atoms with van der Waals surface area (Å²) in [6.45, 7) is 16.4. The summed E-state index contributed by atoms with van der Waals surface area (Å²) in [5.74, 6) is 0. The minimum atomic E-state index is -4.51. The minimum absolute atomic E-state index is 0.0396. The first-order valence-corrected chi connectivity index (χ1v) is 9.58. The summed E-state index contributed by atoms with van der Waals surface area (Å²) in [4.78, 5) is 19.9. The number of allylic oxidation sites excluding steroid dienone is 4. The summed E-state index contributed by atoms with van der Waals surface area (Å²) in [5, 5.41) is 0. The van der Waals surface area contributed by atoms with Gasteiger partial charge in [-0.25, -0.2) is 4.79 Å². The van der Waals surface area contributed by atoms with E-state index in [1.807, 2.05) is 11.8 Å². The number of piperazine rings is 1. The molecule has 0 radical (unpaired) electrons. The van der Waals surface area contributed by atoms with E-state index in [1.54, 1.807) is 32.6 Å². The Balaban J connectivity index is 3.23. The highest BCUT2D eigenvalue weighted by Crippen LogP contribution is 2.35. The van der Waals surface area contributed by atoms with Gasteiger partial charge in [-0.05, 0) is 48.5 Å². The summed E-state index contributed by atoms with van der Waals surface area (Å²) in [6, 6.07) is -0.216. The van der Waals surface area contributed by atoms with E-state index in [0.29, 0.717) is 25.3 Å². The number of alkyl halides is 3. The molecule has 0 aromatic heterocycles. The first kappa shape index (κ1) is 24.8. The number of hydrogen-bond acceptors (Lipinski definition) is 4. The molecule has 0 saturated carbocycles. The number of halogens is 3. The normalized spacial score (nSPS) is 20.4. The van der Waals surface area contributed by atoms with Crippen LogP contribution >= 0.6 is 0 Å². The molecule has 1 amide bonds. The molecule has 164 valence electrons. The van der Waals surface area contributed by atoms with E-state index >= 15 is 0 Å². The van der Waals surface area contributed by atoms with E-state index in [9.17, 15) is 18.0 Å². The molecule has 0 N–H and O–H groups in total. The highest BCUT2D eigenvalue weighted by Gasteiger charge is 2.38. The maximum Gasteiger partial charge on any atom is 0.416 e. The van der Waals surface area contributed by atoms with Crippen molar-refractivity contribution in [3.05, 3.63) is 35.7 Å². The lowest BCUT2D eigenvalue weighted by atomic mass is 9.97. The van der Waals surface area contributed by atoms with Gasteiger partial charge >= 0.3 is 12.3 Å². The number of ether oxygens (including phenoxy) is 1. The van der Waals surface area contributed by atoms with Crippen molar-refractivity contribution in [1.82, 2.24) is 9.80 Å². The van der Waals surface area contributed by atoms with E-state index in [1.165, 1.54) is 20.0 Å². The Labute approximate surface area is 171 Å². The van der Waals surface area contributed by atoms with Crippen molar-refractivity contribution in [3.63, 3.8) is 0 Å². The number of nitrogens with zero attached hydrogens (tertiary/aromatic N) is 3. The van der Waals surface area contributed by atoms with Gasteiger partial charge in [0.25, 0.3) is 0 Å². The summed E-state index contributed by atoms with van der Waals surface area (Å²) < 4.78 is 46.3. The van der Waals surface area contributed by atoms with E-state index < -0.39 is 23.4 Å². The van der Waals surface area contributed by atoms with Crippen LogP contribution in [0.25, 0.3) is 0 Å². The Morgan fingerprint density at radius 1 is 1.21 bits per heavy atom. The number of carbonyl (C=O) groups is 1. The van der Waals surface area contributed by atoms with E-state index in [2.05, 4.69) is 11.6 Å². The van der Waals surface area contributed by atoms with Crippen molar-refractivity contribution in [2.24, 2.45) is 4.99 Å². The van der Waals surface area contributed by atoms with Crippen molar-refractivity contribution < 1.29 is 22.7 Å². The van der Waals surface area contributed by atoms with Crippen molar-refractivity contribution in [2.75, 3.05) is 19.6 Å². The van der Waals surface area contributed by atoms with Gasteiger partial charge < -0.3 is 14.5 Å². The zero-order valence-electron chi connectivity index (χ0n) is 18.4. The molecule has 0 aliphatic carbocycles. The summed E-state index contributed by atoms with van der Waals surface area (Å²) in [5.41, 5.74) is -0.597. The second-order valence-electron chi connectivity index (χ2n) is 8.03.